The van der Waals surface area contributed by atoms with E-state index in [1.165, 1.54) is 34.2 Å². The lowest BCUT2D eigenvalue weighted by molar-refractivity contribution is -0.385. The minimum atomic E-state index is -0.522. The predicted molar refractivity (Wildman–Crippen MR) is 126 cm³/mol. The second kappa shape index (κ2) is 10.2. The van der Waals surface area contributed by atoms with Crippen molar-refractivity contribution in [3.8, 4) is 0 Å². The topological polar surface area (TPSA) is 165 Å². The Labute approximate surface area is 204 Å². The molecule has 0 fully saturated rings. The molecule has 13 nitrogen and oxygen atoms in total. The number of carbonyl (C=O) groups is 1. The standard InChI is InChI=1S/C23H22N8O5/c1-15(21-7-17(3-5-24-21)11-28-13-19(9-26-28)30(33)34)23(32)16(2)22-8-18(4-6-25-22)12-29-14-20(10-27-29)31(35)36/h3-10,13-16H,11-12H2,1-2H3. The van der Waals surface area contributed by atoms with Crippen molar-refractivity contribution in [1.29, 1.82) is 0 Å². The van der Waals surface area contributed by atoms with E-state index in [1.807, 2.05) is 0 Å². The van der Waals surface area contributed by atoms with Gasteiger partial charge in [0, 0.05) is 12.4 Å². The van der Waals surface area contributed by atoms with Crippen LogP contribution in [0.1, 0.15) is 48.2 Å². The third-order valence-electron chi connectivity index (χ3n) is 5.78. The van der Waals surface area contributed by atoms with Crippen molar-refractivity contribution in [2.75, 3.05) is 0 Å². The lowest BCUT2D eigenvalue weighted by atomic mass is 9.89. The lowest BCUT2D eigenvalue weighted by Crippen LogP contribution is -2.19. The first kappa shape index (κ1) is 24.3. The smallest absolute Gasteiger partial charge is 0.298 e. The number of nitro groups is 2. The third-order valence-corrected chi connectivity index (χ3v) is 5.78. The van der Waals surface area contributed by atoms with Crippen LogP contribution in [-0.4, -0.2) is 45.2 Å². The zero-order valence-electron chi connectivity index (χ0n) is 19.5. The first-order valence-electron chi connectivity index (χ1n) is 11.0. The van der Waals surface area contributed by atoms with E-state index in [-0.39, 0.29) is 17.2 Å². The van der Waals surface area contributed by atoms with E-state index in [0.717, 1.165) is 11.1 Å². The molecule has 2 unspecified atom stereocenters. The van der Waals surface area contributed by atoms with Crippen molar-refractivity contribution in [2.24, 2.45) is 0 Å². The molecule has 0 spiro atoms. The highest BCUT2D eigenvalue weighted by molar-refractivity contribution is 5.90. The SMILES string of the molecule is CC(C(=O)C(C)c1cc(Cn2cc([N+](=O)[O-])cn2)ccn1)c1cc(Cn2cc([N+](=O)[O-])cn2)ccn1. The molecule has 2 atom stereocenters. The maximum absolute atomic E-state index is 13.3. The summed E-state index contributed by atoms with van der Waals surface area (Å²) >= 11 is 0. The van der Waals surface area contributed by atoms with Gasteiger partial charge < -0.3 is 0 Å². The van der Waals surface area contributed by atoms with Gasteiger partial charge in [-0.25, -0.2) is 0 Å². The van der Waals surface area contributed by atoms with Crippen LogP contribution in [0.5, 0.6) is 0 Å². The molecule has 0 saturated heterocycles. The van der Waals surface area contributed by atoms with Crippen molar-refractivity contribution in [3.05, 3.63) is 104 Å². The zero-order chi connectivity index (χ0) is 25.8. The fraction of sp³-hybridized carbons (Fsp3) is 0.261. The number of nitrogens with zero attached hydrogens (tertiary/aromatic N) is 8. The van der Waals surface area contributed by atoms with Gasteiger partial charge in [0.2, 0.25) is 0 Å². The van der Waals surface area contributed by atoms with E-state index in [2.05, 4.69) is 20.2 Å². The third kappa shape index (κ3) is 5.46. The Morgan fingerprint density at radius 3 is 1.61 bits per heavy atom. The number of Topliss-reactive ketones (excluding diaryl/α,β-unsaturated/α-hetero) is 1. The van der Waals surface area contributed by atoms with Crippen molar-refractivity contribution in [3.63, 3.8) is 0 Å². The summed E-state index contributed by atoms with van der Waals surface area (Å²) in [4.78, 5) is 42.7. The van der Waals surface area contributed by atoms with Crippen molar-refractivity contribution in [1.82, 2.24) is 29.5 Å². The average molecular weight is 490 g/mol. The van der Waals surface area contributed by atoms with E-state index in [1.54, 1.807) is 50.5 Å². The summed E-state index contributed by atoms with van der Waals surface area (Å²) in [5, 5.41) is 29.7. The minimum Gasteiger partial charge on any atom is -0.298 e. The molecule has 184 valence electrons. The zero-order valence-corrected chi connectivity index (χ0v) is 19.5. The number of carbonyl (C=O) groups excluding carboxylic acids is 1. The number of hydrogen-bond donors (Lipinski definition) is 0. The van der Waals surface area contributed by atoms with E-state index in [9.17, 15) is 25.0 Å². The molecule has 0 amide bonds. The normalized spacial score (nSPS) is 12.7. The van der Waals surface area contributed by atoms with Gasteiger partial charge in [-0.15, -0.1) is 0 Å². The van der Waals surface area contributed by atoms with E-state index in [4.69, 9.17) is 0 Å². The summed E-state index contributed by atoms with van der Waals surface area (Å²) in [6.07, 6.45) is 8.25. The molecule has 0 aromatic carbocycles. The van der Waals surface area contributed by atoms with E-state index < -0.39 is 21.7 Å². The second-order valence-corrected chi connectivity index (χ2v) is 8.33. The highest BCUT2D eigenvalue weighted by Crippen LogP contribution is 2.25. The molecule has 0 radical (unpaired) electrons. The van der Waals surface area contributed by atoms with Crippen LogP contribution in [0.15, 0.2) is 61.4 Å². The maximum Gasteiger partial charge on any atom is 0.307 e. The van der Waals surface area contributed by atoms with Crippen LogP contribution >= 0.6 is 0 Å². The Hall–Kier alpha value is -4.81. The predicted octanol–water partition coefficient (Wildman–Crippen LogP) is 3.26. The molecule has 0 bridgehead atoms. The summed E-state index contributed by atoms with van der Waals surface area (Å²) in [5.74, 6) is -1.12. The molecular weight excluding hydrogens is 468 g/mol. The molecule has 4 aromatic heterocycles. The van der Waals surface area contributed by atoms with Crippen LogP contribution in [0.25, 0.3) is 0 Å². The molecule has 0 N–H and O–H groups in total. The number of ketones is 1. The lowest BCUT2D eigenvalue weighted by Gasteiger charge is -2.17. The van der Waals surface area contributed by atoms with Gasteiger partial charge in [0.1, 0.15) is 30.6 Å². The van der Waals surface area contributed by atoms with Crippen LogP contribution in [0.3, 0.4) is 0 Å². The monoisotopic (exact) mass is 490 g/mol. The molecule has 4 heterocycles. The van der Waals surface area contributed by atoms with Crippen molar-refractivity contribution in [2.45, 2.75) is 38.8 Å². The summed E-state index contributed by atoms with van der Waals surface area (Å²) in [5.41, 5.74) is 2.57. The fourth-order valence-electron chi connectivity index (χ4n) is 3.77. The number of pyridine rings is 2. The first-order chi connectivity index (χ1) is 17.2. The first-order valence-corrected chi connectivity index (χ1v) is 11.0. The second-order valence-electron chi connectivity index (χ2n) is 8.33. The molecule has 0 aliphatic rings. The van der Waals surface area contributed by atoms with Crippen LogP contribution in [0.2, 0.25) is 0 Å². The molecule has 13 heteroatoms. The number of rotatable bonds is 10. The van der Waals surface area contributed by atoms with Crippen molar-refractivity contribution < 1.29 is 14.6 Å². The highest BCUT2D eigenvalue weighted by Gasteiger charge is 2.25. The molecule has 0 aliphatic carbocycles. The average Bonchev–Trinajstić information content (AvgIpc) is 3.53. The van der Waals surface area contributed by atoms with Crippen LogP contribution in [0.4, 0.5) is 11.4 Å². The molecule has 0 saturated carbocycles. The molecule has 0 aliphatic heterocycles. The molecule has 36 heavy (non-hydrogen) atoms. The number of hydrogen-bond acceptors (Lipinski definition) is 9. The van der Waals surface area contributed by atoms with E-state index in [0.29, 0.717) is 24.5 Å². The number of aromatic nitrogens is 6. The molecule has 4 rings (SSSR count). The largest absolute Gasteiger partial charge is 0.307 e. The van der Waals surface area contributed by atoms with E-state index >= 15 is 0 Å². The Bertz CT molecular complexity index is 1320. The van der Waals surface area contributed by atoms with Gasteiger partial charge in [0.05, 0.1) is 46.2 Å². The van der Waals surface area contributed by atoms with Gasteiger partial charge in [-0.3, -0.25) is 44.4 Å². The van der Waals surface area contributed by atoms with Gasteiger partial charge in [0.25, 0.3) is 0 Å². The Morgan fingerprint density at radius 1 is 0.833 bits per heavy atom. The van der Waals surface area contributed by atoms with Crippen LogP contribution in [-0.2, 0) is 17.9 Å². The Balaban J connectivity index is 1.46. The quantitative estimate of drug-likeness (QED) is 0.239. The summed E-state index contributed by atoms with van der Waals surface area (Å²) in [6.45, 7) is 4.15. The fourth-order valence-corrected chi connectivity index (χ4v) is 3.77. The summed E-state index contributed by atoms with van der Waals surface area (Å²) in [7, 11) is 0. The van der Waals surface area contributed by atoms with Gasteiger partial charge in [-0.2, -0.15) is 10.2 Å². The molecular formula is C23H22N8O5. The Kier molecular flexibility index (Phi) is 6.90. The van der Waals surface area contributed by atoms with Gasteiger partial charge in [-0.05, 0) is 49.2 Å². The maximum atomic E-state index is 13.3. The van der Waals surface area contributed by atoms with Crippen LogP contribution in [0, 0.1) is 20.2 Å². The highest BCUT2D eigenvalue weighted by atomic mass is 16.6. The van der Waals surface area contributed by atoms with Gasteiger partial charge >= 0.3 is 11.4 Å². The van der Waals surface area contributed by atoms with Crippen molar-refractivity contribution >= 4 is 17.2 Å². The molecule has 4 aromatic rings. The van der Waals surface area contributed by atoms with Gasteiger partial charge in [-0.1, -0.05) is 0 Å². The van der Waals surface area contributed by atoms with Crippen LogP contribution < -0.4 is 0 Å². The summed E-state index contributed by atoms with van der Waals surface area (Å²) < 4.78 is 2.91. The van der Waals surface area contributed by atoms with Gasteiger partial charge in [0.15, 0.2) is 0 Å². The Morgan fingerprint density at radius 2 is 1.25 bits per heavy atom. The summed E-state index contributed by atoms with van der Waals surface area (Å²) in [6, 6.07) is 7.11. The minimum absolute atomic E-state index is 0.0752.